The molecule has 0 spiro atoms. The van der Waals surface area contributed by atoms with Crippen LogP contribution in [0.4, 0.5) is 0 Å². The standard InChI is InChI=1S/C26H18O12/c1-9(27)37-15-6-12-5-10(20(29)23(32)17(12)26(34)38-15)3-4-11-8-36-25-16(11)22(31)18-13(28)7-14(35-2)21(30)19(18)24(25)33/h5-8,28-30,32H,3-4H2,1-2H3. The van der Waals surface area contributed by atoms with Gasteiger partial charge in [-0.2, -0.15) is 0 Å². The Labute approximate surface area is 211 Å². The number of benzene rings is 2. The Bertz CT molecular complexity index is 1750. The van der Waals surface area contributed by atoms with Gasteiger partial charge in [0.05, 0.1) is 30.1 Å². The smallest absolute Gasteiger partial charge is 0.350 e. The van der Waals surface area contributed by atoms with E-state index >= 15 is 0 Å². The molecule has 12 nitrogen and oxygen atoms in total. The van der Waals surface area contributed by atoms with Crippen LogP contribution in [0.3, 0.4) is 0 Å². The van der Waals surface area contributed by atoms with E-state index in [2.05, 4.69) is 0 Å². The molecule has 0 amide bonds. The van der Waals surface area contributed by atoms with Crippen LogP contribution >= 0.6 is 0 Å². The van der Waals surface area contributed by atoms with Gasteiger partial charge in [0, 0.05) is 30.0 Å². The van der Waals surface area contributed by atoms with Crippen molar-refractivity contribution in [2.24, 2.45) is 0 Å². The zero-order valence-corrected chi connectivity index (χ0v) is 19.8. The van der Waals surface area contributed by atoms with Crippen LogP contribution in [0.25, 0.3) is 10.8 Å². The van der Waals surface area contributed by atoms with Crippen molar-refractivity contribution < 1.29 is 53.1 Å². The highest BCUT2D eigenvalue weighted by Crippen LogP contribution is 2.44. The van der Waals surface area contributed by atoms with Crippen LogP contribution in [0.2, 0.25) is 0 Å². The molecule has 0 saturated heterocycles. The Kier molecular flexibility index (Phi) is 5.59. The van der Waals surface area contributed by atoms with Gasteiger partial charge in [0.1, 0.15) is 11.1 Å². The summed E-state index contributed by atoms with van der Waals surface area (Å²) in [5.74, 6) is -5.80. The van der Waals surface area contributed by atoms with Crippen LogP contribution in [0, 0.1) is 0 Å². The fourth-order valence-electron chi connectivity index (χ4n) is 4.49. The fraction of sp³-hybridized carbons (Fsp3) is 0.154. The molecular weight excluding hydrogens is 504 g/mol. The van der Waals surface area contributed by atoms with E-state index in [1.54, 1.807) is 0 Å². The summed E-state index contributed by atoms with van der Waals surface area (Å²) in [5.41, 5.74) is -1.59. The number of phenols is 4. The highest BCUT2D eigenvalue weighted by Gasteiger charge is 2.40. The molecular formula is C26H18O12. The van der Waals surface area contributed by atoms with Gasteiger partial charge in [-0.3, -0.25) is 14.4 Å². The second kappa shape index (κ2) is 8.69. The molecule has 38 heavy (non-hydrogen) atoms. The lowest BCUT2D eigenvalue weighted by atomic mass is 9.84. The number of carbonyl (C=O) groups is 3. The number of fused-ring (bicyclic) bond motifs is 3. The second-order valence-electron chi connectivity index (χ2n) is 8.46. The Morgan fingerprint density at radius 2 is 1.58 bits per heavy atom. The van der Waals surface area contributed by atoms with Crippen molar-refractivity contribution in [1.29, 1.82) is 0 Å². The van der Waals surface area contributed by atoms with Crippen molar-refractivity contribution in [2.45, 2.75) is 19.8 Å². The van der Waals surface area contributed by atoms with Crippen LogP contribution in [0.15, 0.2) is 38.1 Å². The number of aryl methyl sites for hydroxylation is 2. The molecule has 4 N–H and O–H groups in total. The van der Waals surface area contributed by atoms with E-state index in [-0.39, 0.29) is 51.8 Å². The normalized spacial score (nSPS) is 12.4. The van der Waals surface area contributed by atoms with Crippen LogP contribution in [-0.4, -0.2) is 45.1 Å². The molecule has 0 aliphatic heterocycles. The van der Waals surface area contributed by atoms with E-state index in [9.17, 15) is 39.6 Å². The van der Waals surface area contributed by atoms with E-state index in [1.165, 1.54) is 25.5 Å². The van der Waals surface area contributed by atoms with Crippen molar-refractivity contribution in [3.63, 3.8) is 0 Å². The van der Waals surface area contributed by atoms with Gasteiger partial charge in [-0.05, 0) is 24.5 Å². The van der Waals surface area contributed by atoms with E-state index in [0.717, 1.165) is 13.0 Å². The predicted octanol–water partition coefficient (Wildman–Crippen LogP) is 2.70. The van der Waals surface area contributed by atoms with Crippen LogP contribution in [0.1, 0.15) is 50.1 Å². The first kappa shape index (κ1) is 24.4. The van der Waals surface area contributed by atoms with Crippen molar-refractivity contribution in [2.75, 3.05) is 7.11 Å². The molecule has 0 bridgehead atoms. The molecule has 0 radical (unpaired) electrons. The molecule has 1 aliphatic rings. The second-order valence-corrected chi connectivity index (χ2v) is 8.46. The monoisotopic (exact) mass is 522 g/mol. The number of furan rings is 1. The summed E-state index contributed by atoms with van der Waals surface area (Å²) in [6.07, 6.45) is 1.19. The minimum atomic E-state index is -1.04. The Morgan fingerprint density at radius 3 is 2.26 bits per heavy atom. The Hall–Kier alpha value is -5.26. The molecule has 2 heterocycles. The quantitative estimate of drug-likeness (QED) is 0.150. The number of carbonyl (C=O) groups excluding carboxylic acids is 3. The van der Waals surface area contributed by atoms with Crippen molar-refractivity contribution in [3.8, 4) is 34.7 Å². The molecule has 2 aromatic carbocycles. The molecule has 0 unspecified atom stereocenters. The maximum absolute atomic E-state index is 13.3. The zero-order chi connectivity index (χ0) is 27.5. The Balaban J connectivity index is 1.53. The van der Waals surface area contributed by atoms with Gasteiger partial charge in [-0.1, -0.05) is 0 Å². The number of hydrogen-bond donors (Lipinski definition) is 4. The van der Waals surface area contributed by atoms with Gasteiger partial charge in [0.15, 0.2) is 28.8 Å². The first-order valence-electron chi connectivity index (χ1n) is 11.1. The predicted molar refractivity (Wildman–Crippen MR) is 126 cm³/mol. The van der Waals surface area contributed by atoms with Crippen LogP contribution in [0.5, 0.6) is 34.7 Å². The topological polar surface area (TPSA) is 194 Å². The lowest BCUT2D eigenvalue weighted by Crippen LogP contribution is -2.21. The first-order chi connectivity index (χ1) is 18.0. The number of hydrogen-bond acceptors (Lipinski definition) is 12. The summed E-state index contributed by atoms with van der Waals surface area (Å²) < 4.78 is 19.9. The third-order valence-corrected chi connectivity index (χ3v) is 6.18. The summed E-state index contributed by atoms with van der Waals surface area (Å²) in [5, 5.41) is 41.5. The number of aromatic hydroxyl groups is 4. The van der Waals surface area contributed by atoms with Gasteiger partial charge in [0.2, 0.25) is 11.6 Å². The number of esters is 1. The number of rotatable bonds is 5. The molecule has 0 saturated carbocycles. The summed E-state index contributed by atoms with van der Waals surface area (Å²) >= 11 is 0. The maximum Gasteiger partial charge on any atom is 0.350 e. The average molecular weight is 522 g/mol. The van der Waals surface area contributed by atoms with Gasteiger partial charge in [-0.15, -0.1) is 0 Å². The summed E-state index contributed by atoms with van der Waals surface area (Å²) in [7, 11) is 1.22. The summed E-state index contributed by atoms with van der Waals surface area (Å²) in [6.45, 7) is 1.11. The first-order valence-corrected chi connectivity index (χ1v) is 11.1. The molecule has 4 aromatic rings. The molecule has 0 fully saturated rings. The number of ketones is 2. The van der Waals surface area contributed by atoms with Crippen LogP contribution < -0.4 is 15.1 Å². The van der Waals surface area contributed by atoms with Crippen molar-refractivity contribution in [3.05, 3.63) is 68.5 Å². The highest BCUT2D eigenvalue weighted by atomic mass is 16.6. The van der Waals surface area contributed by atoms with Gasteiger partial charge in [-0.25, -0.2) is 4.79 Å². The zero-order valence-electron chi connectivity index (χ0n) is 19.8. The third-order valence-electron chi connectivity index (χ3n) is 6.18. The van der Waals surface area contributed by atoms with E-state index < -0.39 is 63.2 Å². The molecule has 194 valence electrons. The molecule has 12 heteroatoms. The number of methoxy groups -OCH3 is 1. The minimum absolute atomic E-state index is 0.00138. The number of ether oxygens (including phenoxy) is 2. The number of phenolic OH excluding ortho intramolecular Hbond substituents is 4. The lowest BCUT2D eigenvalue weighted by Gasteiger charge is -2.18. The Morgan fingerprint density at radius 1 is 0.868 bits per heavy atom. The van der Waals surface area contributed by atoms with Crippen molar-refractivity contribution in [1.82, 2.24) is 0 Å². The van der Waals surface area contributed by atoms with E-state index in [1.807, 2.05) is 0 Å². The van der Waals surface area contributed by atoms with Gasteiger partial charge < -0.3 is 38.7 Å². The minimum Gasteiger partial charge on any atom is -0.507 e. The highest BCUT2D eigenvalue weighted by molar-refractivity contribution is 6.30. The SMILES string of the molecule is COc1cc(O)c2c(c1O)C(=O)c1occ(CCc3cc4cc(OC(C)=O)oc(=O)c4c(O)c3O)c1C2=O. The maximum atomic E-state index is 13.3. The summed E-state index contributed by atoms with van der Waals surface area (Å²) in [4.78, 5) is 49.8. The molecule has 1 aliphatic carbocycles. The van der Waals surface area contributed by atoms with Gasteiger partial charge in [0.25, 0.3) is 5.95 Å². The van der Waals surface area contributed by atoms with Crippen LogP contribution in [-0.2, 0) is 17.6 Å². The average Bonchev–Trinajstić information content (AvgIpc) is 3.29. The van der Waals surface area contributed by atoms with Crippen molar-refractivity contribution >= 4 is 28.3 Å². The largest absolute Gasteiger partial charge is 0.507 e. The van der Waals surface area contributed by atoms with Gasteiger partial charge >= 0.3 is 11.6 Å². The lowest BCUT2D eigenvalue weighted by molar-refractivity contribution is -0.133. The molecule has 5 rings (SSSR count). The summed E-state index contributed by atoms with van der Waals surface area (Å²) in [6, 6.07) is 3.59. The van der Waals surface area contributed by atoms with E-state index in [4.69, 9.17) is 18.3 Å². The fourth-order valence-corrected chi connectivity index (χ4v) is 4.49. The van der Waals surface area contributed by atoms with E-state index in [0.29, 0.717) is 0 Å². The molecule has 2 aromatic heterocycles. The molecule has 0 atom stereocenters. The third kappa shape index (κ3) is 3.61.